The fraction of sp³-hybridized carbons (Fsp3) is 0.235. The normalized spacial score (nSPS) is 12.4. The van der Waals surface area contributed by atoms with Gasteiger partial charge in [-0.25, -0.2) is 8.42 Å². The second-order valence-corrected chi connectivity index (χ2v) is 7.05. The van der Waals surface area contributed by atoms with E-state index in [9.17, 15) is 8.42 Å². The molecule has 0 amide bonds. The van der Waals surface area contributed by atoms with Gasteiger partial charge in [0.1, 0.15) is 5.84 Å². The third kappa shape index (κ3) is 4.43. The summed E-state index contributed by atoms with van der Waals surface area (Å²) in [5, 5.41) is 0. The van der Waals surface area contributed by atoms with Crippen molar-refractivity contribution in [3.05, 3.63) is 66.2 Å². The van der Waals surface area contributed by atoms with Crippen LogP contribution in [0.1, 0.15) is 19.4 Å². The van der Waals surface area contributed by atoms with Crippen LogP contribution < -0.4 is 4.72 Å². The lowest BCUT2D eigenvalue weighted by Crippen LogP contribution is -2.31. The van der Waals surface area contributed by atoms with Crippen molar-refractivity contribution in [1.82, 2.24) is 4.72 Å². The van der Waals surface area contributed by atoms with Crippen LogP contribution in [0.4, 0.5) is 0 Å². The fourth-order valence-corrected chi connectivity index (χ4v) is 2.91. The van der Waals surface area contributed by atoms with Gasteiger partial charge in [0.15, 0.2) is 0 Å². The molecule has 0 bridgehead atoms. The standard InChI is InChI=1S/C17H20N2O2S/c1-14(2)13-18-17(15-9-5-3-6-10-15)19-22(20,21)16-11-7-4-8-12-16/h3-12,14H,13H2,1-2H3,(H,18,19). The summed E-state index contributed by atoms with van der Waals surface area (Å²) in [4.78, 5) is 4.66. The lowest BCUT2D eigenvalue weighted by molar-refractivity contribution is 0.592. The molecule has 0 unspecified atom stereocenters. The molecular formula is C17H20N2O2S. The number of hydrogen-bond donors (Lipinski definition) is 1. The van der Waals surface area contributed by atoms with Crippen molar-refractivity contribution in [2.75, 3.05) is 6.54 Å². The van der Waals surface area contributed by atoms with E-state index >= 15 is 0 Å². The molecule has 116 valence electrons. The summed E-state index contributed by atoms with van der Waals surface area (Å²) in [6.45, 7) is 4.64. The van der Waals surface area contributed by atoms with Gasteiger partial charge >= 0.3 is 0 Å². The number of benzene rings is 2. The van der Waals surface area contributed by atoms with E-state index in [4.69, 9.17) is 0 Å². The SMILES string of the molecule is CC(C)CN=C(NS(=O)(=O)c1ccccc1)c1ccccc1. The van der Waals surface area contributed by atoms with Crippen molar-refractivity contribution in [2.45, 2.75) is 18.7 Å². The van der Waals surface area contributed by atoms with Gasteiger partial charge in [0, 0.05) is 12.1 Å². The molecule has 4 nitrogen and oxygen atoms in total. The summed E-state index contributed by atoms with van der Waals surface area (Å²) in [7, 11) is -3.64. The molecule has 0 aliphatic heterocycles. The van der Waals surface area contributed by atoms with Crippen LogP contribution in [0.15, 0.2) is 70.6 Å². The molecule has 1 N–H and O–H groups in total. The molecule has 22 heavy (non-hydrogen) atoms. The second kappa shape index (κ2) is 7.22. The molecule has 0 radical (unpaired) electrons. The minimum Gasteiger partial charge on any atom is -0.267 e. The van der Waals surface area contributed by atoms with E-state index < -0.39 is 10.0 Å². The van der Waals surface area contributed by atoms with Crippen LogP contribution in [-0.4, -0.2) is 20.8 Å². The highest BCUT2D eigenvalue weighted by atomic mass is 32.2. The highest BCUT2D eigenvalue weighted by molar-refractivity contribution is 7.90. The Hall–Kier alpha value is -2.14. The molecule has 0 spiro atoms. The zero-order valence-electron chi connectivity index (χ0n) is 12.7. The second-order valence-electron chi connectivity index (χ2n) is 5.37. The maximum Gasteiger partial charge on any atom is 0.263 e. The average molecular weight is 316 g/mol. The van der Waals surface area contributed by atoms with Crippen molar-refractivity contribution < 1.29 is 8.42 Å². The number of amidine groups is 1. The van der Waals surface area contributed by atoms with Crippen molar-refractivity contribution in [2.24, 2.45) is 10.9 Å². The van der Waals surface area contributed by atoms with Crippen molar-refractivity contribution >= 4 is 15.9 Å². The van der Waals surface area contributed by atoms with Gasteiger partial charge in [0.25, 0.3) is 10.0 Å². The number of nitrogens with zero attached hydrogens (tertiary/aromatic N) is 1. The quantitative estimate of drug-likeness (QED) is 0.681. The third-order valence-electron chi connectivity index (χ3n) is 2.95. The van der Waals surface area contributed by atoms with Crippen molar-refractivity contribution in [3.63, 3.8) is 0 Å². The monoisotopic (exact) mass is 316 g/mol. The Morgan fingerprint density at radius 1 is 1.00 bits per heavy atom. The first-order valence-electron chi connectivity index (χ1n) is 7.17. The van der Waals surface area contributed by atoms with Gasteiger partial charge in [-0.05, 0) is 18.1 Å². The highest BCUT2D eigenvalue weighted by Crippen LogP contribution is 2.10. The Kier molecular flexibility index (Phi) is 5.33. The average Bonchev–Trinajstić information content (AvgIpc) is 2.53. The molecule has 2 rings (SSSR count). The van der Waals surface area contributed by atoms with Crippen LogP contribution in [0.25, 0.3) is 0 Å². The summed E-state index contributed by atoms with van der Waals surface area (Å²) in [6.07, 6.45) is 0. The molecule has 0 heterocycles. The zero-order chi connectivity index (χ0) is 16.0. The van der Waals surface area contributed by atoms with Gasteiger partial charge in [-0.15, -0.1) is 0 Å². The summed E-state index contributed by atoms with van der Waals surface area (Å²) < 4.78 is 27.5. The minimum atomic E-state index is -3.64. The molecule has 5 heteroatoms. The van der Waals surface area contributed by atoms with Crippen LogP contribution >= 0.6 is 0 Å². The molecule has 0 aliphatic rings. The lowest BCUT2D eigenvalue weighted by atomic mass is 10.2. The number of hydrogen-bond acceptors (Lipinski definition) is 3. The Morgan fingerprint density at radius 2 is 1.55 bits per heavy atom. The number of aliphatic imine (C=N–C) groups is 1. The van der Waals surface area contributed by atoms with E-state index in [-0.39, 0.29) is 4.90 Å². The van der Waals surface area contributed by atoms with Crippen LogP contribution in [0.2, 0.25) is 0 Å². The third-order valence-corrected chi connectivity index (χ3v) is 4.30. The first-order chi connectivity index (χ1) is 10.5. The smallest absolute Gasteiger partial charge is 0.263 e. The first-order valence-corrected chi connectivity index (χ1v) is 8.65. The molecule has 0 aromatic heterocycles. The highest BCUT2D eigenvalue weighted by Gasteiger charge is 2.16. The molecule has 0 saturated carbocycles. The van der Waals surface area contributed by atoms with Crippen LogP contribution in [0, 0.1) is 5.92 Å². The van der Waals surface area contributed by atoms with Crippen molar-refractivity contribution in [1.29, 1.82) is 0 Å². The molecule has 0 atom stereocenters. The maximum atomic E-state index is 12.5. The van der Waals surface area contributed by atoms with Gasteiger partial charge in [-0.1, -0.05) is 62.4 Å². The minimum absolute atomic E-state index is 0.225. The van der Waals surface area contributed by atoms with Crippen molar-refractivity contribution in [3.8, 4) is 0 Å². The van der Waals surface area contributed by atoms with Gasteiger partial charge in [-0.2, -0.15) is 0 Å². The largest absolute Gasteiger partial charge is 0.267 e. The number of nitrogens with one attached hydrogen (secondary N) is 1. The summed E-state index contributed by atoms with van der Waals surface area (Å²) in [5.41, 5.74) is 0.752. The lowest BCUT2D eigenvalue weighted by Gasteiger charge is -2.12. The fourth-order valence-electron chi connectivity index (χ4n) is 1.84. The zero-order valence-corrected chi connectivity index (χ0v) is 13.5. The molecule has 2 aromatic carbocycles. The van der Waals surface area contributed by atoms with E-state index in [2.05, 4.69) is 9.71 Å². The maximum absolute atomic E-state index is 12.5. The first kappa shape index (κ1) is 16.2. The number of sulfonamides is 1. The Morgan fingerprint density at radius 3 is 2.09 bits per heavy atom. The molecule has 0 fully saturated rings. The Labute approximate surface area is 132 Å². The Bertz CT molecular complexity index is 724. The van der Waals surface area contributed by atoms with E-state index in [1.54, 1.807) is 30.3 Å². The van der Waals surface area contributed by atoms with E-state index in [1.807, 2.05) is 44.2 Å². The van der Waals surface area contributed by atoms with Gasteiger partial charge in [-0.3, -0.25) is 9.71 Å². The predicted octanol–water partition coefficient (Wildman–Crippen LogP) is 3.07. The van der Waals surface area contributed by atoms with Gasteiger partial charge in [0.05, 0.1) is 4.90 Å². The number of rotatable bonds is 5. The Balaban J connectivity index is 2.33. The van der Waals surface area contributed by atoms with Gasteiger partial charge < -0.3 is 0 Å². The van der Waals surface area contributed by atoms with E-state index in [0.29, 0.717) is 18.3 Å². The summed E-state index contributed by atoms with van der Waals surface area (Å²) >= 11 is 0. The molecule has 0 aliphatic carbocycles. The topological polar surface area (TPSA) is 58.5 Å². The summed E-state index contributed by atoms with van der Waals surface area (Å²) in [6, 6.07) is 17.6. The van der Waals surface area contributed by atoms with Crippen LogP contribution in [0.3, 0.4) is 0 Å². The molecule has 2 aromatic rings. The van der Waals surface area contributed by atoms with E-state index in [1.165, 1.54) is 0 Å². The van der Waals surface area contributed by atoms with E-state index in [0.717, 1.165) is 5.56 Å². The summed E-state index contributed by atoms with van der Waals surface area (Å²) in [5.74, 6) is 0.720. The van der Waals surface area contributed by atoms with Crippen LogP contribution in [-0.2, 0) is 10.0 Å². The predicted molar refractivity (Wildman–Crippen MR) is 89.4 cm³/mol. The molecule has 0 saturated heterocycles. The molecular weight excluding hydrogens is 296 g/mol. The van der Waals surface area contributed by atoms with Gasteiger partial charge in [0.2, 0.25) is 0 Å². The van der Waals surface area contributed by atoms with Crippen LogP contribution in [0.5, 0.6) is 0 Å².